The summed E-state index contributed by atoms with van der Waals surface area (Å²) in [5.74, 6) is 2.65. The van der Waals surface area contributed by atoms with Gasteiger partial charge in [-0.15, -0.1) is 0 Å². The number of rotatable bonds is 2. The Bertz CT molecular complexity index is 560. The third-order valence-electron chi connectivity index (χ3n) is 9.95. The van der Waals surface area contributed by atoms with Crippen molar-refractivity contribution in [2.75, 3.05) is 0 Å². The molecule has 27 heavy (non-hydrogen) atoms. The molecule has 1 nitrogen and oxygen atoms in total. The Kier molecular flexibility index (Phi) is 4.93. The maximum absolute atomic E-state index is 13.0. The van der Waals surface area contributed by atoms with Crippen LogP contribution in [0.5, 0.6) is 0 Å². The number of aliphatic hydroxyl groups excluding tert-OH is 1. The first-order valence-corrected chi connectivity index (χ1v) is 11.3. The van der Waals surface area contributed by atoms with E-state index in [-0.39, 0.29) is 23.4 Å². The van der Waals surface area contributed by atoms with Gasteiger partial charge in [0.05, 0.1) is 6.10 Å². The van der Waals surface area contributed by atoms with Gasteiger partial charge in [0.1, 0.15) is 0 Å². The molecule has 0 spiro atoms. The molecule has 4 saturated carbocycles. The van der Waals surface area contributed by atoms with Crippen LogP contribution in [0.3, 0.4) is 0 Å². The van der Waals surface area contributed by atoms with Crippen molar-refractivity contribution in [3.63, 3.8) is 0 Å². The Labute approximate surface area is 162 Å². The van der Waals surface area contributed by atoms with Crippen LogP contribution >= 0.6 is 0 Å². The smallest absolute Gasteiger partial charge is 0.389 e. The lowest BCUT2D eigenvalue weighted by Crippen LogP contribution is -2.54. The van der Waals surface area contributed by atoms with Crippen LogP contribution in [0, 0.1) is 46.3 Å². The third kappa shape index (κ3) is 3.26. The first-order chi connectivity index (χ1) is 12.5. The number of halogens is 3. The lowest BCUT2D eigenvalue weighted by atomic mass is 9.44. The summed E-state index contributed by atoms with van der Waals surface area (Å²) in [6, 6.07) is 0. The maximum atomic E-state index is 13.0. The summed E-state index contributed by atoms with van der Waals surface area (Å²) >= 11 is 0. The van der Waals surface area contributed by atoms with Crippen molar-refractivity contribution in [3.8, 4) is 0 Å². The Balaban J connectivity index is 1.54. The van der Waals surface area contributed by atoms with E-state index in [4.69, 9.17) is 0 Å². The predicted octanol–water partition coefficient (Wildman–Crippen LogP) is 6.59. The van der Waals surface area contributed by atoms with E-state index in [2.05, 4.69) is 13.8 Å². The molecular weight excluding hydrogens is 349 g/mol. The highest BCUT2D eigenvalue weighted by Gasteiger charge is 2.60. The topological polar surface area (TPSA) is 20.2 Å². The minimum Gasteiger partial charge on any atom is -0.393 e. The van der Waals surface area contributed by atoms with Crippen LogP contribution in [-0.2, 0) is 0 Å². The summed E-state index contributed by atoms with van der Waals surface area (Å²) in [6.45, 7) is 6.65. The van der Waals surface area contributed by atoms with Gasteiger partial charge in [-0.2, -0.15) is 13.2 Å². The Morgan fingerprint density at radius 1 is 0.926 bits per heavy atom. The Hall–Kier alpha value is -0.250. The van der Waals surface area contributed by atoms with Crippen molar-refractivity contribution >= 4 is 0 Å². The second-order valence-electron chi connectivity index (χ2n) is 11.1. The standard InChI is InChI=1S/C23H37F3O/c1-14(13-23(24,25)26)18-6-7-19-17-5-4-15-12-16(27)8-10-21(15,2)20(17)9-11-22(18,19)3/h14-20,27H,4-13H2,1-3H3/t14?,15?,16?,17?,18-,19?,20?,21?,22?/m1/s1. The fourth-order valence-corrected chi connectivity index (χ4v) is 8.72. The summed E-state index contributed by atoms with van der Waals surface area (Å²) in [4.78, 5) is 0. The van der Waals surface area contributed by atoms with Crippen molar-refractivity contribution in [2.45, 2.75) is 97.3 Å². The highest BCUT2D eigenvalue weighted by molar-refractivity contribution is 5.09. The number of fused-ring (bicyclic) bond motifs is 5. The van der Waals surface area contributed by atoms with Crippen LogP contribution in [0.4, 0.5) is 13.2 Å². The monoisotopic (exact) mass is 386 g/mol. The van der Waals surface area contributed by atoms with Gasteiger partial charge < -0.3 is 5.11 Å². The fraction of sp³-hybridized carbons (Fsp3) is 1.00. The van der Waals surface area contributed by atoms with Gasteiger partial charge in [-0.05, 0) is 104 Å². The highest BCUT2D eigenvalue weighted by Crippen LogP contribution is 2.68. The van der Waals surface area contributed by atoms with E-state index in [1.807, 2.05) is 6.92 Å². The average molecular weight is 387 g/mol. The maximum Gasteiger partial charge on any atom is 0.389 e. The molecule has 4 aliphatic carbocycles. The first-order valence-electron chi connectivity index (χ1n) is 11.3. The van der Waals surface area contributed by atoms with Crippen LogP contribution in [0.1, 0.15) is 85.0 Å². The summed E-state index contributed by atoms with van der Waals surface area (Å²) in [6.07, 6.45) is 5.12. The zero-order valence-electron chi connectivity index (χ0n) is 17.2. The first kappa shape index (κ1) is 20.0. The average Bonchev–Trinajstić information content (AvgIpc) is 2.91. The molecule has 0 aromatic heterocycles. The van der Waals surface area contributed by atoms with Gasteiger partial charge in [-0.1, -0.05) is 20.8 Å². The van der Waals surface area contributed by atoms with Gasteiger partial charge in [0.25, 0.3) is 0 Å². The van der Waals surface area contributed by atoms with Crippen LogP contribution < -0.4 is 0 Å². The molecule has 0 radical (unpaired) electrons. The normalized spacial score (nSPS) is 51.2. The second-order valence-corrected chi connectivity index (χ2v) is 11.1. The van der Waals surface area contributed by atoms with Crippen molar-refractivity contribution in [2.24, 2.45) is 46.3 Å². The van der Waals surface area contributed by atoms with Gasteiger partial charge >= 0.3 is 6.18 Å². The molecule has 4 heteroatoms. The molecule has 9 atom stereocenters. The van der Waals surface area contributed by atoms with Crippen LogP contribution in [-0.4, -0.2) is 17.4 Å². The molecule has 0 heterocycles. The van der Waals surface area contributed by atoms with Crippen molar-refractivity contribution in [1.82, 2.24) is 0 Å². The molecule has 0 saturated heterocycles. The molecule has 4 rings (SSSR count). The molecule has 4 fully saturated rings. The van der Waals surface area contributed by atoms with Gasteiger partial charge in [0.15, 0.2) is 0 Å². The zero-order valence-corrected chi connectivity index (χ0v) is 17.2. The molecule has 0 amide bonds. The Morgan fingerprint density at radius 2 is 1.59 bits per heavy atom. The zero-order chi connectivity index (χ0) is 19.6. The molecular formula is C23H37F3O. The Morgan fingerprint density at radius 3 is 2.30 bits per heavy atom. The van der Waals surface area contributed by atoms with Gasteiger partial charge in [-0.3, -0.25) is 0 Å². The summed E-state index contributed by atoms with van der Waals surface area (Å²) in [5.41, 5.74) is 0.447. The van der Waals surface area contributed by atoms with E-state index in [1.165, 1.54) is 19.3 Å². The minimum absolute atomic E-state index is 0.100. The van der Waals surface area contributed by atoms with Crippen LogP contribution in [0.2, 0.25) is 0 Å². The van der Waals surface area contributed by atoms with Gasteiger partial charge in [-0.25, -0.2) is 0 Å². The van der Waals surface area contributed by atoms with Gasteiger partial charge in [0.2, 0.25) is 0 Å². The lowest BCUT2D eigenvalue weighted by molar-refractivity contribution is -0.157. The lowest BCUT2D eigenvalue weighted by Gasteiger charge is -2.61. The van der Waals surface area contributed by atoms with E-state index >= 15 is 0 Å². The van der Waals surface area contributed by atoms with E-state index in [1.54, 1.807) is 0 Å². The summed E-state index contributed by atoms with van der Waals surface area (Å²) in [7, 11) is 0. The van der Waals surface area contributed by atoms with Gasteiger partial charge in [0, 0.05) is 6.42 Å². The van der Waals surface area contributed by atoms with Crippen molar-refractivity contribution in [1.29, 1.82) is 0 Å². The SMILES string of the molecule is CC(CC(F)(F)F)[C@H]1CCC2C3CCC4CC(O)CCC4(C)C3CCC21C. The van der Waals surface area contributed by atoms with E-state index in [0.29, 0.717) is 23.2 Å². The van der Waals surface area contributed by atoms with E-state index in [0.717, 1.165) is 44.4 Å². The van der Waals surface area contributed by atoms with Crippen LogP contribution in [0.25, 0.3) is 0 Å². The predicted molar refractivity (Wildman–Crippen MR) is 101 cm³/mol. The number of hydrogen-bond acceptors (Lipinski definition) is 1. The van der Waals surface area contributed by atoms with Crippen LogP contribution in [0.15, 0.2) is 0 Å². The molecule has 0 aromatic rings. The highest BCUT2D eigenvalue weighted by atomic mass is 19.4. The molecule has 8 unspecified atom stereocenters. The van der Waals surface area contributed by atoms with Crippen molar-refractivity contribution in [3.05, 3.63) is 0 Å². The van der Waals surface area contributed by atoms with E-state index in [9.17, 15) is 18.3 Å². The van der Waals surface area contributed by atoms with E-state index < -0.39 is 12.6 Å². The number of hydrogen-bond donors (Lipinski definition) is 1. The quantitative estimate of drug-likeness (QED) is 0.567. The molecule has 4 aliphatic rings. The van der Waals surface area contributed by atoms with Crippen molar-refractivity contribution < 1.29 is 18.3 Å². The molecule has 156 valence electrons. The molecule has 0 aromatic carbocycles. The summed E-state index contributed by atoms with van der Waals surface area (Å²) < 4.78 is 39.1. The second kappa shape index (κ2) is 6.64. The fourth-order valence-electron chi connectivity index (χ4n) is 8.72. The summed E-state index contributed by atoms with van der Waals surface area (Å²) in [5, 5.41) is 10.1. The number of alkyl halides is 3. The third-order valence-corrected chi connectivity index (χ3v) is 9.95. The molecule has 0 aliphatic heterocycles. The molecule has 1 N–H and O–H groups in total. The minimum atomic E-state index is -4.04. The largest absolute Gasteiger partial charge is 0.393 e. The molecule has 0 bridgehead atoms. The number of aliphatic hydroxyl groups is 1.